The minimum Gasteiger partial charge on any atom is -0.326 e. The smallest absolute Gasteiger partial charge is 0.228 e. The van der Waals surface area contributed by atoms with Crippen molar-refractivity contribution in [1.29, 1.82) is 0 Å². The molecular weight excluding hydrogens is 352 g/mol. The van der Waals surface area contributed by atoms with Crippen LogP contribution in [0.5, 0.6) is 0 Å². The van der Waals surface area contributed by atoms with Gasteiger partial charge in [0.2, 0.25) is 5.91 Å². The van der Waals surface area contributed by atoms with E-state index in [9.17, 15) is 4.79 Å². The molecule has 3 nitrogen and oxygen atoms in total. The fraction of sp³-hybridized carbons (Fsp3) is 0.130. The molecule has 1 N–H and O–H groups in total. The lowest BCUT2D eigenvalue weighted by atomic mass is 10.1. The Morgan fingerprint density at radius 2 is 1.74 bits per heavy atom. The molecule has 0 saturated carbocycles. The first-order chi connectivity index (χ1) is 13.2. The highest BCUT2D eigenvalue weighted by molar-refractivity contribution is 7.21. The Morgan fingerprint density at radius 3 is 2.52 bits per heavy atom. The van der Waals surface area contributed by atoms with Gasteiger partial charge in [-0.3, -0.25) is 4.79 Å². The van der Waals surface area contributed by atoms with Gasteiger partial charge in [0, 0.05) is 11.3 Å². The van der Waals surface area contributed by atoms with Crippen LogP contribution >= 0.6 is 11.3 Å². The van der Waals surface area contributed by atoms with Crippen LogP contribution in [0.2, 0.25) is 0 Å². The van der Waals surface area contributed by atoms with Crippen molar-refractivity contribution in [2.24, 2.45) is 0 Å². The van der Waals surface area contributed by atoms with Gasteiger partial charge in [0.1, 0.15) is 5.01 Å². The van der Waals surface area contributed by atoms with Gasteiger partial charge in [-0.2, -0.15) is 0 Å². The van der Waals surface area contributed by atoms with Gasteiger partial charge in [-0.15, -0.1) is 11.3 Å². The number of hydrogen-bond acceptors (Lipinski definition) is 3. The highest BCUT2D eigenvalue weighted by Gasteiger charge is 2.08. The number of aryl methyl sites for hydroxylation is 1. The molecule has 0 saturated heterocycles. The van der Waals surface area contributed by atoms with Crippen LogP contribution in [-0.2, 0) is 17.6 Å². The van der Waals surface area contributed by atoms with Crippen LogP contribution in [0.25, 0.3) is 20.8 Å². The third kappa shape index (κ3) is 4.07. The Morgan fingerprint density at radius 1 is 0.963 bits per heavy atom. The van der Waals surface area contributed by atoms with Gasteiger partial charge in [-0.05, 0) is 41.8 Å². The van der Waals surface area contributed by atoms with E-state index in [0.29, 0.717) is 6.42 Å². The number of fused-ring (bicyclic) bond motifs is 1. The number of anilines is 1. The summed E-state index contributed by atoms with van der Waals surface area (Å²) >= 11 is 1.66. The molecule has 0 radical (unpaired) electrons. The average Bonchev–Trinajstić information content (AvgIpc) is 3.13. The number of rotatable bonds is 5. The quantitative estimate of drug-likeness (QED) is 0.488. The van der Waals surface area contributed by atoms with Gasteiger partial charge in [0.15, 0.2) is 0 Å². The largest absolute Gasteiger partial charge is 0.326 e. The third-order valence-corrected chi connectivity index (χ3v) is 5.57. The summed E-state index contributed by atoms with van der Waals surface area (Å²) in [6.07, 6.45) is 1.38. The van der Waals surface area contributed by atoms with Crippen molar-refractivity contribution in [3.8, 4) is 10.6 Å². The van der Waals surface area contributed by atoms with E-state index >= 15 is 0 Å². The number of nitrogens with one attached hydrogen (secondary N) is 1. The summed E-state index contributed by atoms with van der Waals surface area (Å²) in [5, 5.41) is 3.96. The molecule has 0 spiro atoms. The predicted octanol–water partition coefficient (Wildman–Crippen LogP) is 5.71. The number of amides is 1. The molecule has 134 valence electrons. The number of nitrogens with zero attached hydrogens (tertiary/aromatic N) is 1. The molecule has 0 aliphatic rings. The van der Waals surface area contributed by atoms with Crippen molar-refractivity contribution >= 4 is 33.1 Å². The molecule has 27 heavy (non-hydrogen) atoms. The number of aromatic nitrogens is 1. The molecule has 3 aromatic carbocycles. The zero-order valence-electron chi connectivity index (χ0n) is 15.1. The molecule has 0 atom stereocenters. The average molecular weight is 372 g/mol. The van der Waals surface area contributed by atoms with E-state index in [-0.39, 0.29) is 5.91 Å². The first-order valence-corrected chi connectivity index (χ1v) is 9.86. The van der Waals surface area contributed by atoms with Crippen LogP contribution in [0, 0.1) is 0 Å². The maximum Gasteiger partial charge on any atom is 0.228 e. The molecule has 1 heterocycles. The lowest BCUT2D eigenvalue weighted by Gasteiger charge is -2.07. The van der Waals surface area contributed by atoms with Crippen LogP contribution in [0.3, 0.4) is 0 Å². The fourth-order valence-corrected chi connectivity index (χ4v) is 3.97. The zero-order valence-corrected chi connectivity index (χ0v) is 15.9. The number of benzene rings is 3. The Bertz CT molecular complexity index is 1050. The third-order valence-electron chi connectivity index (χ3n) is 4.48. The molecule has 4 heteroatoms. The second-order valence-corrected chi connectivity index (χ2v) is 7.49. The van der Waals surface area contributed by atoms with E-state index in [4.69, 9.17) is 4.98 Å². The maximum atomic E-state index is 12.4. The van der Waals surface area contributed by atoms with Gasteiger partial charge >= 0.3 is 0 Å². The van der Waals surface area contributed by atoms with Crippen LogP contribution in [0.1, 0.15) is 18.1 Å². The molecule has 1 aromatic heterocycles. The standard InChI is InChI=1S/C23H20N2OS/c1-2-16-10-12-17(13-11-16)14-22(26)24-19-7-5-6-18(15-19)23-25-20-8-3-4-9-21(20)27-23/h3-13,15H,2,14H2,1H3,(H,24,26). The summed E-state index contributed by atoms with van der Waals surface area (Å²) in [4.78, 5) is 17.1. The summed E-state index contributed by atoms with van der Waals surface area (Å²) in [6.45, 7) is 2.13. The van der Waals surface area contributed by atoms with Crippen LogP contribution in [-0.4, -0.2) is 10.9 Å². The fourth-order valence-electron chi connectivity index (χ4n) is 3.01. The van der Waals surface area contributed by atoms with Crippen molar-refractivity contribution in [3.63, 3.8) is 0 Å². The molecule has 1 amide bonds. The van der Waals surface area contributed by atoms with E-state index < -0.39 is 0 Å². The van der Waals surface area contributed by atoms with Crippen molar-refractivity contribution in [2.75, 3.05) is 5.32 Å². The first-order valence-electron chi connectivity index (χ1n) is 9.05. The lowest BCUT2D eigenvalue weighted by molar-refractivity contribution is -0.115. The van der Waals surface area contributed by atoms with Gasteiger partial charge in [-0.1, -0.05) is 55.5 Å². The number of carbonyl (C=O) groups is 1. The topological polar surface area (TPSA) is 42.0 Å². The molecule has 4 rings (SSSR count). The molecule has 0 unspecified atom stereocenters. The summed E-state index contributed by atoms with van der Waals surface area (Å²) in [7, 11) is 0. The van der Waals surface area contributed by atoms with E-state index in [0.717, 1.165) is 38.5 Å². The van der Waals surface area contributed by atoms with Crippen LogP contribution < -0.4 is 5.32 Å². The number of thiazole rings is 1. The zero-order chi connectivity index (χ0) is 18.6. The van der Waals surface area contributed by atoms with E-state index in [1.807, 2.05) is 54.6 Å². The number of carbonyl (C=O) groups excluding carboxylic acids is 1. The molecule has 0 aliphatic heterocycles. The van der Waals surface area contributed by atoms with Gasteiger partial charge in [0.25, 0.3) is 0 Å². The maximum absolute atomic E-state index is 12.4. The van der Waals surface area contributed by atoms with Crippen molar-refractivity contribution < 1.29 is 4.79 Å². The summed E-state index contributed by atoms with van der Waals surface area (Å²) in [6, 6.07) is 24.2. The van der Waals surface area contributed by atoms with Gasteiger partial charge < -0.3 is 5.32 Å². The first kappa shape index (κ1) is 17.4. The highest BCUT2D eigenvalue weighted by atomic mass is 32.1. The SMILES string of the molecule is CCc1ccc(CC(=O)Nc2cccc(-c3nc4ccccc4s3)c2)cc1. The minimum absolute atomic E-state index is 0.0132. The van der Waals surface area contributed by atoms with Gasteiger partial charge in [0.05, 0.1) is 16.6 Å². The Balaban J connectivity index is 1.49. The Labute approximate surface area is 162 Å². The number of para-hydroxylation sites is 1. The van der Waals surface area contributed by atoms with Gasteiger partial charge in [-0.25, -0.2) is 4.98 Å². The van der Waals surface area contributed by atoms with E-state index in [1.54, 1.807) is 11.3 Å². The molecule has 0 fully saturated rings. The second-order valence-electron chi connectivity index (χ2n) is 6.46. The summed E-state index contributed by atoms with van der Waals surface area (Å²) in [5.74, 6) is -0.0132. The Kier molecular flexibility index (Phi) is 4.99. The summed E-state index contributed by atoms with van der Waals surface area (Å²) in [5.41, 5.74) is 5.11. The molecule has 0 aliphatic carbocycles. The van der Waals surface area contributed by atoms with E-state index in [1.165, 1.54) is 5.56 Å². The van der Waals surface area contributed by atoms with Crippen molar-refractivity contribution in [2.45, 2.75) is 19.8 Å². The Hall–Kier alpha value is -2.98. The monoisotopic (exact) mass is 372 g/mol. The summed E-state index contributed by atoms with van der Waals surface area (Å²) < 4.78 is 1.16. The molecule has 4 aromatic rings. The highest BCUT2D eigenvalue weighted by Crippen LogP contribution is 2.31. The predicted molar refractivity (Wildman–Crippen MR) is 113 cm³/mol. The minimum atomic E-state index is -0.0132. The van der Waals surface area contributed by atoms with E-state index in [2.05, 4.69) is 30.4 Å². The second kappa shape index (κ2) is 7.72. The normalized spacial score (nSPS) is 10.9. The van der Waals surface area contributed by atoms with Crippen LogP contribution in [0.15, 0.2) is 72.8 Å². The lowest BCUT2D eigenvalue weighted by Crippen LogP contribution is -2.14. The molecule has 0 bridgehead atoms. The number of hydrogen-bond donors (Lipinski definition) is 1. The molecular formula is C23H20N2OS. The van der Waals surface area contributed by atoms with Crippen molar-refractivity contribution in [3.05, 3.63) is 83.9 Å². The van der Waals surface area contributed by atoms with Crippen LogP contribution in [0.4, 0.5) is 5.69 Å². The van der Waals surface area contributed by atoms with Crippen molar-refractivity contribution in [1.82, 2.24) is 4.98 Å².